The van der Waals surface area contributed by atoms with E-state index < -0.39 is 0 Å². The Labute approximate surface area is 154 Å². The molecule has 0 saturated carbocycles. The van der Waals surface area contributed by atoms with Crippen molar-refractivity contribution >= 4 is 35.0 Å². The fourth-order valence-electron chi connectivity index (χ4n) is 3.02. The first kappa shape index (κ1) is 20.0. The van der Waals surface area contributed by atoms with Gasteiger partial charge < -0.3 is 14.9 Å². The largest absolute Gasteiger partial charge is 0.507 e. The van der Waals surface area contributed by atoms with Gasteiger partial charge in [0, 0.05) is 15.7 Å². The Morgan fingerprint density at radius 1 is 1.23 bits per heavy atom. The molecular weight excluding hydrogens is 411 g/mol. The molecule has 0 aromatic heterocycles. The second-order valence-electron chi connectivity index (χ2n) is 6.22. The normalized spacial score (nSPS) is 15.3. The summed E-state index contributed by atoms with van der Waals surface area (Å²) in [5.74, 6) is 0.458. The average Bonchev–Trinajstić information content (AvgIpc) is 2.93. The molecule has 1 saturated heterocycles. The minimum Gasteiger partial charge on any atom is -0.507 e. The molecule has 5 heteroatoms. The van der Waals surface area contributed by atoms with Crippen LogP contribution < -0.4 is 0 Å². The molecule has 0 unspecified atom stereocenters. The maximum atomic E-state index is 10.1. The zero-order chi connectivity index (χ0) is 15.2. The predicted molar refractivity (Wildman–Crippen MR) is 104 cm³/mol. The van der Waals surface area contributed by atoms with E-state index in [0.29, 0.717) is 5.75 Å². The summed E-state index contributed by atoms with van der Waals surface area (Å²) in [6, 6.07) is 4.11. The Morgan fingerprint density at radius 3 is 2.59 bits per heavy atom. The molecule has 0 bridgehead atoms. The van der Waals surface area contributed by atoms with Crippen LogP contribution in [0.2, 0.25) is 0 Å². The molecule has 1 aromatic rings. The molecule has 0 atom stereocenters. The van der Waals surface area contributed by atoms with Crippen LogP contribution in [0.1, 0.15) is 36.8 Å². The Balaban J connectivity index is 0.00000242. The minimum absolute atomic E-state index is 0. The molecule has 22 heavy (non-hydrogen) atoms. The van der Waals surface area contributed by atoms with Gasteiger partial charge in [0.1, 0.15) is 5.75 Å². The van der Waals surface area contributed by atoms with E-state index in [1.165, 1.54) is 48.9 Å². The molecule has 2 rings (SSSR count). The lowest BCUT2D eigenvalue weighted by Gasteiger charge is -2.19. The second-order valence-corrected chi connectivity index (χ2v) is 7.47. The summed E-state index contributed by atoms with van der Waals surface area (Å²) in [6.07, 6.45) is 5.27. The summed E-state index contributed by atoms with van der Waals surface area (Å²) in [6.45, 7) is 7.74. The highest BCUT2D eigenvalue weighted by atomic mass is 127. The van der Waals surface area contributed by atoms with E-state index >= 15 is 0 Å². The highest BCUT2D eigenvalue weighted by molar-refractivity contribution is 14.1. The molecule has 0 spiro atoms. The number of nitrogens with zero attached hydrogens (tertiary/aromatic N) is 2. The zero-order valence-corrected chi connectivity index (χ0v) is 16.6. The summed E-state index contributed by atoms with van der Waals surface area (Å²) < 4.78 is 1.19. The lowest BCUT2D eigenvalue weighted by molar-refractivity contribution is 0.287. The van der Waals surface area contributed by atoms with Crippen LogP contribution in [0.25, 0.3) is 0 Å². The van der Waals surface area contributed by atoms with Crippen LogP contribution >= 0.6 is 35.0 Å². The highest BCUT2D eigenvalue weighted by Gasteiger charge is 2.11. The molecule has 3 nitrogen and oxygen atoms in total. The van der Waals surface area contributed by atoms with Gasteiger partial charge in [-0.1, -0.05) is 0 Å². The van der Waals surface area contributed by atoms with E-state index in [9.17, 15) is 5.11 Å². The fourth-order valence-corrected chi connectivity index (χ4v) is 3.86. The SMILES string of the molecule is Cc1cc(I)cc(CN(C)CCCCN2CCCC2)c1O.Cl. The smallest absolute Gasteiger partial charge is 0.123 e. The van der Waals surface area contributed by atoms with Gasteiger partial charge in [-0.2, -0.15) is 0 Å². The van der Waals surface area contributed by atoms with E-state index in [2.05, 4.69) is 45.5 Å². The molecule has 1 N–H and O–H groups in total. The summed E-state index contributed by atoms with van der Waals surface area (Å²) in [5, 5.41) is 10.1. The summed E-state index contributed by atoms with van der Waals surface area (Å²) in [4.78, 5) is 4.89. The van der Waals surface area contributed by atoms with Crippen molar-refractivity contribution in [2.24, 2.45) is 0 Å². The number of rotatable bonds is 7. The van der Waals surface area contributed by atoms with E-state index in [1.54, 1.807) is 0 Å². The van der Waals surface area contributed by atoms with Gasteiger partial charge in [0.2, 0.25) is 0 Å². The van der Waals surface area contributed by atoms with Gasteiger partial charge in [0.05, 0.1) is 0 Å². The van der Waals surface area contributed by atoms with Crippen LogP contribution in [0.5, 0.6) is 5.75 Å². The summed E-state index contributed by atoms with van der Waals surface area (Å²) in [7, 11) is 2.14. The van der Waals surface area contributed by atoms with E-state index in [4.69, 9.17) is 0 Å². The topological polar surface area (TPSA) is 26.7 Å². The Kier molecular flexibility index (Phi) is 9.05. The first-order valence-electron chi connectivity index (χ1n) is 7.95. The number of aryl methyl sites for hydroxylation is 1. The van der Waals surface area contributed by atoms with Gasteiger partial charge in [-0.25, -0.2) is 0 Å². The van der Waals surface area contributed by atoms with Crippen LogP contribution in [-0.4, -0.2) is 48.1 Å². The van der Waals surface area contributed by atoms with Crippen molar-refractivity contribution in [1.82, 2.24) is 9.80 Å². The summed E-state index contributed by atoms with van der Waals surface area (Å²) >= 11 is 2.32. The third kappa shape index (κ3) is 6.22. The highest BCUT2D eigenvalue weighted by Crippen LogP contribution is 2.25. The van der Waals surface area contributed by atoms with Gasteiger partial charge in [-0.3, -0.25) is 0 Å². The Morgan fingerprint density at radius 2 is 1.91 bits per heavy atom. The molecule has 1 aliphatic rings. The van der Waals surface area contributed by atoms with Crippen molar-refractivity contribution in [2.45, 2.75) is 39.2 Å². The van der Waals surface area contributed by atoms with Crippen LogP contribution in [0.4, 0.5) is 0 Å². The lowest BCUT2D eigenvalue weighted by Crippen LogP contribution is -2.23. The number of aromatic hydroxyl groups is 1. The van der Waals surface area contributed by atoms with Crippen LogP contribution in [0.15, 0.2) is 12.1 Å². The molecule has 1 heterocycles. The first-order chi connectivity index (χ1) is 10.1. The van der Waals surface area contributed by atoms with Gasteiger partial charge in [0.25, 0.3) is 0 Å². The molecule has 1 fully saturated rings. The average molecular weight is 439 g/mol. The van der Waals surface area contributed by atoms with Crippen molar-refractivity contribution in [1.29, 1.82) is 0 Å². The summed E-state index contributed by atoms with van der Waals surface area (Å²) in [5.41, 5.74) is 2.01. The quantitative estimate of drug-likeness (QED) is 0.514. The number of unbranched alkanes of at least 4 members (excludes halogenated alkanes) is 1. The first-order valence-corrected chi connectivity index (χ1v) is 9.03. The van der Waals surface area contributed by atoms with E-state index in [1.807, 2.05) is 13.0 Å². The van der Waals surface area contributed by atoms with Crippen molar-refractivity contribution in [3.05, 3.63) is 26.8 Å². The molecule has 1 aromatic carbocycles. The van der Waals surface area contributed by atoms with Gasteiger partial charge >= 0.3 is 0 Å². The standard InChI is InChI=1S/C17H27IN2O.ClH/c1-14-11-16(18)12-15(17(14)21)13-19(2)7-3-4-8-20-9-5-6-10-20;/h11-12,21H,3-10,13H2,1-2H3;1H. The number of hydrogen-bond donors (Lipinski definition) is 1. The maximum absolute atomic E-state index is 10.1. The zero-order valence-electron chi connectivity index (χ0n) is 13.6. The molecule has 0 amide bonds. The maximum Gasteiger partial charge on any atom is 0.123 e. The van der Waals surface area contributed by atoms with Crippen LogP contribution in [0, 0.1) is 10.5 Å². The molecule has 0 radical (unpaired) electrons. The second kappa shape index (κ2) is 9.96. The third-order valence-electron chi connectivity index (χ3n) is 4.25. The Hall–Kier alpha value is -0.0400. The molecule has 126 valence electrons. The number of phenols is 1. The molecular formula is C17H28ClIN2O. The number of phenolic OH excluding ortho intramolecular Hbond substituents is 1. The monoisotopic (exact) mass is 438 g/mol. The predicted octanol–water partition coefficient (Wildman–Crippen LogP) is 4.03. The van der Waals surface area contributed by atoms with Crippen molar-refractivity contribution in [3.63, 3.8) is 0 Å². The van der Waals surface area contributed by atoms with Gasteiger partial charge in [-0.05, 0) is 106 Å². The number of likely N-dealkylation sites (tertiary alicyclic amines) is 1. The number of hydrogen-bond acceptors (Lipinski definition) is 3. The minimum atomic E-state index is 0. The fraction of sp³-hybridized carbons (Fsp3) is 0.647. The van der Waals surface area contributed by atoms with E-state index in [0.717, 1.165) is 24.2 Å². The molecule has 1 aliphatic heterocycles. The number of halogens is 2. The van der Waals surface area contributed by atoms with Crippen molar-refractivity contribution < 1.29 is 5.11 Å². The lowest BCUT2D eigenvalue weighted by atomic mass is 10.1. The number of benzene rings is 1. The third-order valence-corrected chi connectivity index (χ3v) is 4.87. The van der Waals surface area contributed by atoms with Gasteiger partial charge in [-0.15, -0.1) is 12.4 Å². The molecule has 0 aliphatic carbocycles. The van der Waals surface area contributed by atoms with Gasteiger partial charge in [0.15, 0.2) is 0 Å². The van der Waals surface area contributed by atoms with Crippen molar-refractivity contribution in [3.8, 4) is 5.75 Å². The van der Waals surface area contributed by atoms with Crippen LogP contribution in [0.3, 0.4) is 0 Å². The Bertz CT molecular complexity index is 464. The van der Waals surface area contributed by atoms with Crippen molar-refractivity contribution in [2.75, 3.05) is 33.2 Å². The van der Waals surface area contributed by atoms with Crippen LogP contribution in [-0.2, 0) is 6.54 Å². The van der Waals surface area contributed by atoms with E-state index in [-0.39, 0.29) is 12.4 Å².